The summed E-state index contributed by atoms with van der Waals surface area (Å²) in [5.41, 5.74) is 7.59. The van der Waals surface area contributed by atoms with Crippen LogP contribution in [0.3, 0.4) is 0 Å². The zero-order valence-electron chi connectivity index (χ0n) is 13.8. The summed E-state index contributed by atoms with van der Waals surface area (Å²) in [7, 11) is 1.60. The van der Waals surface area contributed by atoms with E-state index in [9.17, 15) is 9.59 Å². The van der Waals surface area contributed by atoms with Gasteiger partial charge in [0.05, 0.1) is 6.04 Å². The molecule has 1 aliphatic carbocycles. The molecule has 1 aliphatic rings. The number of carbonyl (C=O) groups is 2. The van der Waals surface area contributed by atoms with Crippen LogP contribution in [0.4, 0.5) is 0 Å². The van der Waals surface area contributed by atoms with Crippen molar-refractivity contribution in [3.63, 3.8) is 0 Å². The number of benzene rings is 1. The molecule has 1 fully saturated rings. The molecule has 0 spiro atoms. The first kappa shape index (κ1) is 17.5. The van der Waals surface area contributed by atoms with Crippen LogP contribution >= 0.6 is 0 Å². The van der Waals surface area contributed by atoms with Gasteiger partial charge in [-0.3, -0.25) is 9.59 Å². The maximum atomic E-state index is 12.1. The lowest BCUT2D eigenvalue weighted by Crippen LogP contribution is -2.41. The Bertz CT molecular complexity index is 522. The first-order valence-electron chi connectivity index (χ1n) is 8.44. The average molecular weight is 317 g/mol. The minimum absolute atomic E-state index is 0.0917. The molecule has 0 saturated heterocycles. The van der Waals surface area contributed by atoms with Crippen molar-refractivity contribution in [2.75, 3.05) is 7.05 Å². The van der Waals surface area contributed by atoms with Gasteiger partial charge in [-0.25, -0.2) is 0 Å². The third-order valence-corrected chi connectivity index (χ3v) is 4.56. The van der Waals surface area contributed by atoms with Crippen LogP contribution in [0.2, 0.25) is 0 Å². The second-order valence-electron chi connectivity index (χ2n) is 6.34. The first-order valence-corrected chi connectivity index (χ1v) is 8.44. The van der Waals surface area contributed by atoms with E-state index in [1.165, 1.54) is 32.1 Å². The molecule has 1 saturated carbocycles. The summed E-state index contributed by atoms with van der Waals surface area (Å²) >= 11 is 0. The van der Waals surface area contributed by atoms with E-state index in [2.05, 4.69) is 10.6 Å². The van der Waals surface area contributed by atoms with Crippen molar-refractivity contribution < 1.29 is 9.59 Å². The highest BCUT2D eigenvalue weighted by Gasteiger charge is 2.21. The fraction of sp³-hybridized carbons (Fsp3) is 0.556. The van der Waals surface area contributed by atoms with Gasteiger partial charge in [0.15, 0.2) is 0 Å². The second-order valence-corrected chi connectivity index (χ2v) is 6.34. The van der Waals surface area contributed by atoms with E-state index in [-0.39, 0.29) is 11.8 Å². The molecule has 23 heavy (non-hydrogen) atoms. The minimum Gasteiger partial charge on any atom is -0.355 e. The number of hydrogen-bond donors (Lipinski definition) is 3. The smallest absolute Gasteiger partial charge is 0.251 e. The summed E-state index contributed by atoms with van der Waals surface area (Å²) in [4.78, 5) is 23.6. The summed E-state index contributed by atoms with van der Waals surface area (Å²) in [6.45, 7) is 0.436. The van der Waals surface area contributed by atoms with Crippen LogP contribution in [0, 0.1) is 5.92 Å². The van der Waals surface area contributed by atoms with Crippen LogP contribution in [0.5, 0.6) is 0 Å². The number of nitrogens with one attached hydrogen (secondary N) is 2. The molecule has 0 aliphatic heterocycles. The lowest BCUT2D eigenvalue weighted by atomic mass is 9.85. The van der Waals surface area contributed by atoms with Crippen molar-refractivity contribution in [3.05, 3.63) is 35.4 Å². The zero-order valence-corrected chi connectivity index (χ0v) is 13.8. The van der Waals surface area contributed by atoms with Gasteiger partial charge in [-0.1, -0.05) is 44.2 Å². The summed E-state index contributed by atoms with van der Waals surface area (Å²) in [5, 5.41) is 5.47. The Morgan fingerprint density at radius 2 is 1.83 bits per heavy atom. The SMILES string of the molecule is CNC(=O)c1ccc(CNC(=O)C(N)CC2CCCCC2)cc1. The van der Waals surface area contributed by atoms with E-state index in [1.54, 1.807) is 19.2 Å². The Balaban J connectivity index is 1.77. The molecule has 1 aromatic carbocycles. The fourth-order valence-corrected chi connectivity index (χ4v) is 3.13. The van der Waals surface area contributed by atoms with Crippen LogP contribution < -0.4 is 16.4 Å². The van der Waals surface area contributed by atoms with Crippen LogP contribution in [0.1, 0.15) is 54.4 Å². The van der Waals surface area contributed by atoms with E-state index in [1.807, 2.05) is 12.1 Å². The Kier molecular flexibility index (Phi) is 6.59. The third kappa shape index (κ3) is 5.36. The Morgan fingerprint density at radius 3 is 2.43 bits per heavy atom. The van der Waals surface area contributed by atoms with E-state index in [0.29, 0.717) is 18.0 Å². The molecular formula is C18H27N3O2. The third-order valence-electron chi connectivity index (χ3n) is 4.56. The van der Waals surface area contributed by atoms with Gasteiger partial charge in [-0.2, -0.15) is 0 Å². The van der Waals surface area contributed by atoms with Gasteiger partial charge in [0.1, 0.15) is 0 Å². The molecule has 0 heterocycles. The summed E-state index contributed by atoms with van der Waals surface area (Å²) < 4.78 is 0. The van der Waals surface area contributed by atoms with E-state index >= 15 is 0 Å². The van der Waals surface area contributed by atoms with Gasteiger partial charge in [-0.05, 0) is 30.0 Å². The average Bonchev–Trinajstić information content (AvgIpc) is 2.60. The highest BCUT2D eigenvalue weighted by molar-refractivity contribution is 5.93. The van der Waals surface area contributed by atoms with Gasteiger partial charge in [0, 0.05) is 19.2 Å². The first-order chi connectivity index (χ1) is 11.1. The highest BCUT2D eigenvalue weighted by atomic mass is 16.2. The topological polar surface area (TPSA) is 84.2 Å². The maximum Gasteiger partial charge on any atom is 0.251 e. The molecule has 4 N–H and O–H groups in total. The van der Waals surface area contributed by atoms with Crippen molar-refractivity contribution >= 4 is 11.8 Å². The number of nitrogens with two attached hydrogens (primary N) is 1. The van der Waals surface area contributed by atoms with Gasteiger partial charge in [0.25, 0.3) is 5.91 Å². The Labute approximate surface area is 138 Å². The molecular weight excluding hydrogens is 290 g/mol. The van der Waals surface area contributed by atoms with Crippen molar-refractivity contribution in [3.8, 4) is 0 Å². The van der Waals surface area contributed by atoms with Crippen LogP contribution in [0.25, 0.3) is 0 Å². The fourth-order valence-electron chi connectivity index (χ4n) is 3.13. The molecule has 5 nitrogen and oxygen atoms in total. The molecule has 0 bridgehead atoms. The molecule has 0 aromatic heterocycles. The van der Waals surface area contributed by atoms with Crippen LogP contribution in [-0.4, -0.2) is 24.9 Å². The van der Waals surface area contributed by atoms with Crippen molar-refractivity contribution in [2.45, 2.75) is 51.1 Å². The quantitative estimate of drug-likeness (QED) is 0.750. The largest absolute Gasteiger partial charge is 0.355 e. The second kappa shape index (κ2) is 8.67. The number of rotatable bonds is 6. The van der Waals surface area contributed by atoms with Crippen LogP contribution in [-0.2, 0) is 11.3 Å². The van der Waals surface area contributed by atoms with Crippen molar-refractivity contribution in [1.29, 1.82) is 0 Å². The van der Waals surface area contributed by atoms with Gasteiger partial charge >= 0.3 is 0 Å². The summed E-state index contributed by atoms with van der Waals surface area (Å²) in [6, 6.07) is 6.77. The highest BCUT2D eigenvalue weighted by Crippen LogP contribution is 2.26. The van der Waals surface area contributed by atoms with E-state index in [4.69, 9.17) is 5.73 Å². The number of carbonyl (C=O) groups excluding carboxylic acids is 2. The Morgan fingerprint density at radius 1 is 1.17 bits per heavy atom. The van der Waals surface area contributed by atoms with Gasteiger partial charge in [0.2, 0.25) is 5.91 Å². The van der Waals surface area contributed by atoms with Crippen LogP contribution in [0.15, 0.2) is 24.3 Å². The lowest BCUT2D eigenvalue weighted by Gasteiger charge is -2.24. The molecule has 5 heteroatoms. The predicted octanol–water partition coefficient (Wildman–Crippen LogP) is 1.96. The standard InChI is InChI=1S/C18H27N3O2/c1-20-17(22)15-9-7-14(8-10-15)12-21-18(23)16(19)11-13-5-3-2-4-6-13/h7-10,13,16H,2-6,11-12,19H2,1H3,(H,20,22)(H,21,23). The molecule has 0 radical (unpaired) electrons. The Hall–Kier alpha value is -1.88. The lowest BCUT2D eigenvalue weighted by molar-refractivity contribution is -0.123. The predicted molar refractivity (Wildman–Crippen MR) is 90.8 cm³/mol. The normalized spacial score (nSPS) is 16.6. The molecule has 2 rings (SSSR count). The number of hydrogen-bond acceptors (Lipinski definition) is 3. The molecule has 2 amide bonds. The summed E-state index contributed by atoms with van der Waals surface area (Å²) in [5.74, 6) is 0.386. The summed E-state index contributed by atoms with van der Waals surface area (Å²) in [6.07, 6.45) is 7.00. The zero-order chi connectivity index (χ0) is 16.7. The van der Waals surface area contributed by atoms with E-state index < -0.39 is 6.04 Å². The molecule has 1 unspecified atom stereocenters. The van der Waals surface area contributed by atoms with Crippen molar-refractivity contribution in [2.24, 2.45) is 11.7 Å². The van der Waals surface area contributed by atoms with E-state index in [0.717, 1.165) is 12.0 Å². The maximum absolute atomic E-state index is 12.1. The van der Waals surface area contributed by atoms with Gasteiger partial charge in [-0.15, -0.1) is 0 Å². The molecule has 1 aromatic rings. The molecule has 126 valence electrons. The molecule has 1 atom stereocenters. The van der Waals surface area contributed by atoms with Gasteiger partial charge < -0.3 is 16.4 Å². The minimum atomic E-state index is -0.428. The number of amides is 2. The monoisotopic (exact) mass is 317 g/mol. The van der Waals surface area contributed by atoms with Crippen molar-refractivity contribution in [1.82, 2.24) is 10.6 Å².